The van der Waals surface area contributed by atoms with Crippen LogP contribution in [0.5, 0.6) is 0 Å². The zero-order valence-electron chi connectivity index (χ0n) is 14.6. The van der Waals surface area contributed by atoms with Crippen LogP contribution in [-0.2, 0) is 11.3 Å². The summed E-state index contributed by atoms with van der Waals surface area (Å²) in [6.07, 6.45) is 1.65. The molecule has 27 heavy (non-hydrogen) atoms. The molecule has 0 unspecified atom stereocenters. The van der Waals surface area contributed by atoms with E-state index in [1.165, 1.54) is 4.57 Å². The van der Waals surface area contributed by atoms with E-state index < -0.39 is 0 Å². The average molecular weight is 378 g/mol. The molecule has 0 fully saturated rings. The van der Waals surface area contributed by atoms with Crippen LogP contribution in [0, 0.1) is 18.3 Å². The van der Waals surface area contributed by atoms with Gasteiger partial charge in [0.15, 0.2) is 0 Å². The summed E-state index contributed by atoms with van der Waals surface area (Å²) in [5.74, 6) is -0.309. The van der Waals surface area contributed by atoms with Crippen molar-refractivity contribution in [1.82, 2.24) is 4.57 Å². The highest BCUT2D eigenvalue weighted by Crippen LogP contribution is 2.20. The number of hydrogen-bond acceptors (Lipinski definition) is 3. The number of nitriles is 1. The summed E-state index contributed by atoms with van der Waals surface area (Å²) in [6.45, 7) is 1.61. The number of nitrogens with one attached hydrogen (secondary N) is 1. The third kappa shape index (κ3) is 4.43. The Morgan fingerprint density at radius 1 is 1.11 bits per heavy atom. The second kappa shape index (κ2) is 7.90. The van der Waals surface area contributed by atoms with E-state index in [-0.39, 0.29) is 18.0 Å². The quantitative estimate of drug-likeness (QED) is 0.747. The Balaban J connectivity index is 1.85. The summed E-state index contributed by atoms with van der Waals surface area (Å²) in [6, 6.07) is 17.7. The third-order valence-electron chi connectivity index (χ3n) is 4.05. The van der Waals surface area contributed by atoms with Crippen LogP contribution in [-0.4, -0.2) is 10.5 Å². The van der Waals surface area contributed by atoms with Crippen LogP contribution in [0.25, 0.3) is 11.1 Å². The molecule has 2 aromatic carbocycles. The Morgan fingerprint density at radius 2 is 1.78 bits per heavy atom. The molecule has 0 aliphatic heterocycles. The molecule has 3 aromatic rings. The van der Waals surface area contributed by atoms with Gasteiger partial charge in [0.25, 0.3) is 5.56 Å². The van der Waals surface area contributed by atoms with E-state index in [1.54, 1.807) is 55.6 Å². The van der Waals surface area contributed by atoms with Gasteiger partial charge in [-0.2, -0.15) is 5.26 Å². The number of benzene rings is 2. The summed E-state index contributed by atoms with van der Waals surface area (Å²) >= 11 is 5.83. The van der Waals surface area contributed by atoms with Crippen molar-refractivity contribution < 1.29 is 4.79 Å². The number of carbonyl (C=O) groups excluding carboxylic acids is 1. The Labute approximate surface area is 161 Å². The molecule has 1 heterocycles. The molecular weight excluding hydrogens is 362 g/mol. The predicted octanol–water partition coefficient (Wildman–Crippen LogP) is 3.99. The van der Waals surface area contributed by atoms with Crippen LogP contribution in [0.2, 0.25) is 5.02 Å². The highest BCUT2D eigenvalue weighted by atomic mass is 35.5. The Morgan fingerprint density at radius 3 is 2.41 bits per heavy atom. The summed E-state index contributed by atoms with van der Waals surface area (Å²) in [7, 11) is 0. The molecule has 0 bridgehead atoms. The van der Waals surface area contributed by atoms with Crippen LogP contribution >= 0.6 is 11.6 Å². The number of aryl methyl sites for hydroxylation is 1. The van der Waals surface area contributed by atoms with Gasteiger partial charge in [0.1, 0.15) is 6.54 Å². The first-order valence-corrected chi connectivity index (χ1v) is 8.61. The first-order valence-electron chi connectivity index (χ1n) is 8.23. The maximum Gasteiger partial charge on any atom is 0.253 e. The highest BCUT2D eigenvalue weighted by molar-refractivity contribution is 6.30. The van der Waals surface area contributed by atoms with Crippen molar-refractivity contribution in [3.8, 4) is 17.2 Å². The summed E-state index contributed by atoms with van der Waals surface area (Å²) in [5.41, 5.74) is 3.15. The number of halogens is 1. The minimum atomic E-state index is -0.309. The van der Waals surface area contributed by atoms with Gasteiger partial charge in [0.2, 0.25) is 5.91 Å². The molecule has 5 nitrogen and oxygen atoms in total. The molecule has 0 saturated heterocycles. The monoisotopic (exact) mass is 377 g/mol. The van der Waals surface area contributed by atoms with Gasteiger partial charge >= 0.3 is 0 Å². The molecule has 134 valence electrons. The third-order valence-corrected chi connectivity index (χ3v) is 4.31. The molecule has 6 heteroatoms. The highest BCUT2D eigenvalue weighted by Gasteiger charge is 2.10. The normalized spacial score (nSPS) is 10.3. The van der Waals surface area contributed by atoms with Crippen LogP contribution in [0.3, 0.4) is 0 Å². The lowest BCUT2D eigenvalue weighted by molar-refractivity contribution is -0.116. The number of amides is 1. The molecule has 0 aliphatic carbocycles. The molecule has 1 aromatic heterocycles. The summed E-state index contributed by atoms with van der Waals surface area (Å²) in [4.78, 5) is 24.7. The van der Waals surface area contributed by atoms with Crippen molar-refractivity contribution in [3.05, 3.63) is 87.3 Å². The Bertz CT molecular complexity index is 1080. The van der Waals surface area contributed by atoms with Gasteiger partial charge in [0, 0.05) is 22.5 Å². The van der Waals surface area contributed by atoms with Gasteiger partial charge in [-0.3, -0.25) is 9.59 Å². The molecule has 0 radical (unpaired) electrons. The van der Waals surface area contributed by atoms with Gasteiger partial charge in [0.05, 0.1) is 11.6 Å². The SMILES string of the molecule is Cc1cc(-c2ccc(C#N)cc2)cn(CC(=O)Nc2ccc(Cl)cc2)c1=O. The first-order chi connectivity index (χ1) is 13.0. The van der Waals surface area contributed by atoms with Crippen LogP contribution < -0.4 is 10.9 Å². The predicted molar refractivity (Wildman–Crippen MR) is 106 cm³/mol. The van der Waals surface area contributed by atoms with Gasteiger partial charge in [-0.25, -0.2) is 0 Å². The van der Waals surface area contributed by atoms with E-state index in [4.69, 9.17) is 16.9 Å². The summed E-state index contributed by atoms with van der Waals surface area (Å²) < 4.78 is 1.38. The van der Waals surface area contributed by atoms with Crippen LogP contribution in [0.1, 0.15) is 11.1 Å². The average Bonchev–Trinajstić information content (AvgIpc) is 2.67. The number of carbonyl (C=O) groups is 1. The Kier molecular flexibility index (Phi) is 5.39. The molecule has 3 rings (SSSR count). The molecular formula is C21H16ClN3O2. The van der Waals surface area contributed by atoms with E-state index in [1.807, 2.05) is 12.1 Å². The van der Waals surface area contributed by atoms with Gasteiger partial charge < -0.3 is 9.88 Å². The van der Waals surface area contributed by atoms with Crippen molar-refractivity contribution in [2.24, 2.45) is 0 Å². The smallest absolute Gasteiger partial charge is 0.253 e. The number of pyridine rings is 1. The fraction of sp³-hybridized carbons (Fsp3) is 0.0952. The number of aromatic nitrogens is 1. The largest absolute Gasteiger partial charge is 0.325 e. The van der Waals surface area contributed by atoms with Crippen molar-refractivity contribution >= 4 is 23.2 Å². The fourth-order valence-corrected chi connectivity index (χ4v) is 2.81. The van der Waals surface area contributed by atoms with E-state index in [9.17, 15) is 9.59 Å². The second-order valence-electron chi connectivity index (χ2n) is 6.09. The fourth-order valence-electron chi connectivity index (χ4n) is 2.69. The second-order valence-corrected chi connectivity index (χ2v) is 6.53. The minimum Gasteiger partial charge on any atom is -0.325 e. The standard InChI is InChI=1S/C21H16ClN3O2/c1-14-10-17(16-4-2-15(11-23)3-5-16)12-25(21(14)27)13-20(26)24-19-8-6-18(22)7-9-19/h2-10,12H,13H2,1H3,(H,24,26). The van der Waals surface area contributed by atoms with Crippen molar-refractivity contribution in [1.29, 1.82) is 5.26 Å². The molecule has 1 amide bonds. The van der Waals surface area contributed by atoms with E-state index >= 15 is 0 Å². The lowest BCUT2D eigenvalue weighted by Crippen LogP contribution is -2.28. The van der Waals surface area contributed by atoms with Crippen molar-refractivity contribution in [2.45, 2.75) is 13.5 Å². The lowest BCUT2D eigenvalue weighted by atomic mass is 10.0. The zero-order chi connectivity index (χ0) is 19.4. The lowest BCUT2D eigenvalue weighted by Gasteiger charge is -2.11. The topological polar surface area (TPSA) is 74.9 Å². The maximum absolute atomic E-state index is 12.4. The number of rotatable bonds is 4. The Hall–Kier alpha value is -3.36. The molecule has 0 saturated carbocycles. The molecule has 0 aliphatic rings. The van der Waals surface area contributed by atoms with Crippen LogP contribution in [0.15, 0.2) is 65.6 Å². The van der Waals surface area contributed by atoms with Crippen molar-refractivity contribution in [3.63, 3.8) is 0 Å². The molecule has 1 N–H and O–H groups in total. The number of hydrogen-bond donors (Lipinski definition) is 1. The maximum atomic E-state index is 12.4. The van der Waals surface area contributed by atoms with Crippen LogP contribution in [0.4, 0.5) is 5.69 Å². The molecule has 0 atom stereocenters. The number of anilines is 1. The summed E-state index contributed by atoms with van der Waals surface area (Å²) in [5, 5.41) is 12.2. The zero-order valence-corrected chi connectivity index (χ0v) is 15.3. The van der Waals surface area contributed by atoms with E-state index in [0.29, 0.717) is 21.8 Å². The van der Waals surface area contributed by atoms with E-state index in [2.05, 4.69) is 11.4 Å². The minimum absolute atomic E-state index is 0.105. The molecule has 0 spiro atoms. The van der Waals surface area contributed by atoms with Gasteiger partial charge in [-0.05, 0) is 60.5 Å². The first kappa shape index (κ1) is 18.4. The van der Waals surface area contributed by atoms with Gasteiger partial charge in [-0.1, -0.05) is 23.7 Å². The van der Waals surface area contributed by atoms with E-state index in [0.717, 1.165) is 11.1 Å². The van der Waals surface area contributed by atoms with Crippen molar-refractivity contribution in [2.75, 3.05) is 5.32 Å². The van der Waals surface area contributed by atoms with Gasteiger partial charge in [-0.15, -0.1) is 0 Å². The number of nitrogens with zero attached hydrogens (tertiary/aromatic N) is 2.